The van der Waals surface area contributed by atoms with Crippen LogP contribution in [0.25, 0.3) is 0 Å². The Bertz CT molecular complexity index is 1180. The standard InChI is InChI=1S/C25H32FN7O3S/c1-17(2)11-22-25(35)27-6-8-32(13-20-15-37-16-28-20)7-5-19-14-33(31-30-19)9-10-36-23-4-3-18(26)12-21(23)24(34)29-22/h3-4,12,14-17,22H,5-11,13H2,1-2H3,(H,27,35)(H,29,34)/t22-/m1/s1. The number of amides is 2. The van der Waals surface area contributed by atoms with Crippen molar-refractivity contribution in [2.24, 2.45) is 5.92 Å². The number of nitrogens with one attached hydrogen (secondary N) is 2. The van der Waals surface area contributed by atoms with E-state index in [0.717, 1.165) is 17.5 Å². The van der Waals surface area contributed by atoms with Crippen molar-refractivity contribution < 1.29 is 18.7 Å². The van der Waals surface area contributed by atoms with Gasteiger partial charge in [0.05, 0.1) is 29.0 Å². The van der Waals surface area contributed by atoms with Crippen LogP contribution in [0.2, 0.25) is 0 Å². The van der Waals surface area contributed by atoms with Crippen LogP contribution in [0, 0.1) is 11.7 Å². The van der Waals surface area contributed by atoms with Crippen LogP contribution in [0.15, 0.2) is 35.3 Å². The summed E-state index contributed by atoms with van der Waals surface area (Å²) in [5.41, 5.74) is 3.65. The van der Waals surface area contributed by atoms with Crippen LogP contribution in [-0.2, 0) is 24.3 Å². The fourth-order valence-corrected chi connectivity index (χ4v) is 4.65. The summed E-state index contributed by atoms with van der Waals surface area (Å²) in [7, 11) is 0. The van der Waals surface area contributed by atoms with Gasteiger partial charge in [0.2, 0.25) is 5.91 Å². The lowest BCUT2D eigenvalue weighted by molar-refractivity contribution is -0.123. The first kappa shape index (κ1) is 26.7. The van der Waals surface area contributed by atoms with Crippen molar-refractivity contribution in [3.63, 3.8) is 0 Å². The molecule has 10 nitrogen and oxygen atoms in total. The van der Waals surface area contributed by atoms with E-state index in [4.69, 9.17) is 4.74 Å². The van der Waals surface area contributed by atoms with E-state index in [-0.39, 0.29) is 29.7 Å². The molecule has 1 atom stereocenters. The van der Waals surface area contributed by atoms with E-state index in [1.165, 1.54) is 12.1 Å². The number of hydrogen-bond acceptors (Lipinski definition) is 8. The highest BCUT2D eigenvalue weighted by molar-refractivity contribution is 7.07. The van der Waals surface area contributed by atoms with Gasteiger partial charge in [0.1, 0.15) is 24.2 Å². The van der Waals surface area contributed by atoms with Gasteiger partial charge in [0, 0.05) is 44.2 Å². The maximum Gasteiger partial charge on any atom is 0.255 e. The van der Waals surface area contributed by atoms with Gasteiger partial charge in [-0.15, -0.1) is 16.4 Å². The van der Waals surface area contributed by atoms with Crippen LogP contribution in [0.4, 0.5) is 4.39 Å². The van der Waals surface area contributed by atoms with E-state index in [2.05, 4.69) is 30.8 Å². The zero-order chi connectivity index (χ0) is 26.2. The highest BCUT2D eigenvalue weighted by atomic mass is 32.1. The van der Waals surface area contributed by atoms with Crippen molar-refractivity contribution in [2.75, 3.05) is 26.2 Å². The van der Waals surface area contributed by atoms with Gasteiger partial charge in [0.15, 0.2) is 0 Å². The predicted octanol–water partition coefficient (Wildman–Crippen LogP) is 2.27. The summed E-state index contributed by atoms with van der Waals surface area (Å²) in [6.07, 6.45) is 2.99. The van der Waals surface area contributed by atoms with Crippen molar-refractivity contribution >= 4 is 23.2 Å². The third kappa shape index (κ3) is 7.80. The van der Waals surface area contributed by atoms with Gasteiger partial charge in [-0.3, -0.25) is 14.5 Å². The van der Waals surface area contributed by atoms with Gasteiger partial charge in [-0.05, 0) is 30.5 Å². The van der Waals surface area contributed by atoms with E-state index in [9.17, 15) is 14.0 Å². The fraction of sp³-hybridized carbons (Fsp3) is 0.480. The predicted molar refractivity (Wildman–Crippen MR) is 137 cm³/mol. The molecule has 0 aliphatic carbocycles. The van der Waals surface area contributed by atoms with Gasteiger partial charge in [-0.2, -0.15) is 0 Å². The molecular weight excluding hydrogens is 497 g/mol. The number of carbonyl (C=O) groups is 2. The Labute approximate surface area is 219 Å². The lowest BCUT2D eigenvalue weighted by atomic mass is 10.0. The highest BCUT2D eigenvalue weighted by Crippen LogP contribution is 2.21. The Morgan fingerprint density at radius 1 is 1.24 bits per heavy atom. The molecule has 198 valence electrons. The molecule has 0 radical (unpaired) electrons. The molecule has 2 aromatic heterocycles. The minimum absolute atomic E-state index is 0.0383. The van der Waals surface area contributed by atoms with Crippen LogP contribution in [0.5, 0.6) is 5.75 Å². The van der Waals surface area contributed by atoms with Crippen molar-refractivity contribution in [1.29, 1.82) is 0 Å². The molecule has 2 bridgehead atoms. The molecule has 1 aliphatic rings. The molecule has 1 aromatic carbocycles. The molecular formula is C25H32FN7O3S. The second-order valence-corrected chi connectivity index (χ2v) is 10.1. The summed E-state index contributed by atoms with van der Waals surface area (Å²) >= 11 is 1.54. The minimum Gasteiger partial charge on any atom is -0.491 e. The quantitative estimate of drug-likeness (QED) is 0.533. The van der Waals surface area contributed by atoms with Crippen LogP contribution < -0.4 is 15.4 Å². The van der Waals surface area contributed by atoms with E-state index >= 15 is 0 Å². The Hall–Kier alpha value is -3.38. The van der Waals surface area contributed by atoms with Gasteiger partial charge < -0.3 is 15.4 Å². The van der Waals surface area contributed by atoms with E-state index in [1.54, 1.807) is 21.5 Å². The third-order valence-corrected chi connectivity index (χ3v) is 6.59. The molecule has 37 heavy (non-hydrogen) atoms. The highest BCUT2D eigenvalue weighted by Gasteiger charge is 2.25. The average molecular weight is 530 g/mol. The zero-order valence-electron chi connectivity index (χ0n) is 21.0. The average Bonchev–Trinajstić information content (AvgIpc) is 3.54. The number of aromatic nitrogens is 4. The van der Waals surface area contributed by atoms with Gasteiger partial charge in [0.25, 0.3) is 5.91 Å². The van der Waals surface area contributed by atoms with Crippen molar-refractivity contribution in [3.05, 3.63) is 58.1 Å². The molecule has 3 aromatic rings. The second kappa shape index (κ2) is 12.7. The first-order valence-corrected chi connectivity index (χ1v) is 13.3. The van der Waals surface area contributed by atoms with Crippen LogP contribution in [-0.4, -0.2) is 69.0 Å². The maximum absolute atomic E-state index is 14.0. The van der Waals surface area contributed by atoms with E-state index in [0.29, 0.717) is 45.6 Å². The van der Waals surface area contributed by atoms with Crippen molar-refractivity contribution in [3.8, 4) is 5.75 Å². The van der Waals surface area contributed by atoms with Gasteiger partial charge in [-0.1, -0.05) is 19.1 Å². The molecule has 0 unspecified atom stereocenters. The van der Waals surface area contributed by atoms with E-state index < -0.39 is 17.8 Å². The largest absolute Gasteiger partial charge is 0.491 e. The molecule has 12 heteroatoms. The summed E-state index contributed by atoms with van der Waals surface area (Å²) in [6, 6.07) is 3.02. The number of nitrogens with zero attached hydrogens (tertiary/aromatic N) is 5. The second-order valence-electron chi connectivity index (χ2n) is 9.41. The number of benzene rings is 1. The number of halogens is 1. The van der Waals surface area contributed by atoms with E-state index in [1.807, 2.05) is 25.4 Å². The number of ether oxygens (including phenoxy) is 1. The first-order chi connectivity index (χ1) is 17.9. The molecule has 0 spiro atoms. The van der Waals surface area contributed by atoms with Crippen LogP contribution in [0.3, 0.4) is 0 Å². The Balaban J connectivity index is 1.55. The molecule has 0 saturated carbocycles. The first-order valence-electron chi connectivity index (χ1n) is 12.4. The molecule has 0 fully saturated rings. The van der Waals surface area contributed by atoms with Crippen LogP contribution in [0.1, 0.15) is 42.0 Å². The summed E-state index contributed by atoms with van der Waals surface area (Å²) in [4.78, 5) is 32.8. The molecule has 2 amide bonds. The summed E-state index contributed by atoms with van der Waals surface area (Å²) in [6.45, 7) is 6.93. The summed E-state index contributed by atoms with van der Waals surface area (Å²) < 4.78 is 21.5. The van der Waals surface area contributed by atoms with Gasteiger partial charge >= 0.3 is 0 Å². The minimum atomic E-state index is -0.765. The van der Waals surface area contributed by atoms with Gasteiger partial charge in [-0.25, -0.2) is 14.1 Å². The smallest absolute Gasteiger partial charge is 0.255 e. The number of thiazole rings is 1. The molecule has 4 rings (SSSR count). The Morgan fingerprint density at radius 2 is 2.11 bits per heavy atom. The third-order valence-electron chi connectivity index (χ3n) is 5.96. The van der Waals surface area contributed by atoms with Crippen molar-refractivity contribution in [1.82, 2.24) is 35.5 Å². The normalized spacial score (nSPS) is 18.3. The number of carbonyl (C=O) groups excluding carboxylic acids is 2. The summed E-state index contributed by atoms with van der Waals surface area (Å²) in [5, 5.41) is 16.2. The molecule has 2 N–H and O–H groups in total. The van der Waals surface area contributed by atoms with Crippen molar-refractivity contribution in [2.45, 2.75) is 45.8 Å². The summed E-state index contributed by atoms with van der Waals surface area (Å²) in [5.74, 6) is -1.01. The SMILES string of the molecule is CC(C)C[C@H]1NC(=O)c2cc(F)ccc2OCCn2cc(nn2)CCN(Cc2cscn2)CCNC1=O. The lowest BCUT2D eigenvalue weighted by Crippen LogP contribution is -2.49. The fourth-order valence-electron chi connectivity index (χ4n) is 4.10. The Kier molecular flexibility index (Phi) is 9.18. The Morgan fingerprint density at radius 3 is 2.89 bits per heavy atom. The molecule has 1 aliphatic heterocycles. The molecule has 0 saturated heterocycles. The maximum atomic E-state index is 14.0. The molecule has 3 heterocycles. The number of fused-ring (bicyclic) bond motifs is 3. The zero-order valence-corrected chi connectivity index (χ0v) is 21.8. The topological polar surface area (TPSA) is 114 Å². The monoisotopic (exact) mass is 529 g/mol. The lowest BCUT2D eigenvalue weighted by Gasteiger charge is -2.24. The number of rotatable bonds is 4. The number of hydrogen-bond donors (Lipinski definition) is 2. The van der Waals surface area contributed by atoms with Crippen LogP contribution >= 0.6 is 11.3 Å².